The SMILES string of the molecule is CSc1ccc(C(NN)c2cccc3ccncc23)cc1. The quantitative estimate of drug-likeness (QED) is 0.439. The third-order valence-electron chi connectivity index (χ3n) is 3.64. The molecule has 0 bridgehead atoms. The van der Waals surface area contributed by atoms with E-state index < -0.39 is 0 Å². The molecular weight excluding hydrogens is 278 g/mol. The summed E-state index contributed by atoms with van der Waals surface area (Å²) in [7, 11) is 0. The number of pyridine rings is 1. The predicted octanol–water partition coefficient (Wildman–Crippen LogP) is 3.51. The van der Waals surface area contributed by atoms with Crippen molar-refractivity contribution in [3.63, 3.8) is 0 Å². The zero-order valence-corrected chi connectivity index (χ0v) is 12.6. The number of benzene rings is 2. The van der Waals surface area contributed by atoms with Crippen LogP contribution in [0.15, 0.2) is 65.8 Å². The minimum atomic E-state index is -0.0474. The molecule has 0 saturated heterocycles. The molecule has 0 aliphatic carbocycles. The average Bonchev–Trinajstić information content (AvgIpc) is 2.56. The normalized spacial score (nSPS) is 12.5. The van der Waals surface area contributed by atoms with Crippen LogP contribution in [0.3, 0.4) is 0 Å². The molecule has 0 radical (unpaired) electrons. The van der Waals surface area contributed by atoms with Gasteiger partial charge in [0.2, 0.25) is 0 Å². The molecule has 3 aromatic rings. The van der Waals surface area contributed by atoms with Gasteiger partial charge in [0.15, 0.2) is 0 Å². The van der Waals surface area contributed by atoms with Crippen LogP contribution in [0.4, 0.5) is 0 Å². The topological polar surface area (TPSA) is 50.9 Å². The first-order chi connectivity index (χ1) is 10.3. The third-order valence-corrected chi connectivity index (χ3v) is 4.39. The maximum Gasteiger partial charge on any atom is 0.0716 e. The lowest BCUT2D eigenvalue weighted by molar-refractivity contribution is 0.640. The molecule has 1 heterocycles. The standard InChI is InChI=1S/C17H17N3S/c1-21-14-7-5-13(6-8-14)17(20-18)15-4-2-3-12-9-10-19-11-16(12)15/h2-11,17,20H,18H2,1H3. The Morgan fingerprint density at radius 1 is 1.10 bits per heavy atom. The van der Waals surface area contributed by atoms with Crippen molar-refractivity contribution in [3.8, 4) is 0 Å². The van der Waals surface area contributed by atoms with Crippen LogP contribution in [0.2, 0.25) is 0 Å². The summed E-state index contributed by atoms with van der Waals surface area (Å²) in [6.07, 6.45) is 5.78. The van der Waals surface area contributed by atoms with Gasteiger partial charge >= 0.3 is 0 Å². The molecule has 0 aliphatic heterocycles. The largest absolute Gasteiger partial charge is 0.271 e. The van der Waals surface area contributed by atoms with Crippen LogP contribution in [0.25, 0.3) is 10.8 Å². The van der Waals surface area contributed by atoms with Crippen LogP contribution in [0, 0.1) is 0 Å². The molecule has 21 heavy (non-hydrogen) atoms. The maximum atomic E-state index is 5.82. The number of nitrogens with two attached hydrogens (primary N) is 1. The summed E-state index contributed by atoms with van der Waals surface area (Å²) in [5, 5.41) is 2.29. The lowest BCUT2D eigenvalue weighted by Gasteiger charge is -2.19. The molecule has 0 amide bonds. The Hall–Kier alpha value is -1.88. The van der Waals surface area contributed by atoms with Crippen LogP contribution in [-0.2, 0) is 0 Å². The second-order valence-electron chi connectivity index (χ2n) is 4.82. The number of hydrogen-bond acceptors (Lipinski definition) is 4. The number of hydrogen-bond donors (Lipinski definition) is 2. The Labute approximate surface area is 128 Å². The third kappa shape index (κ3) is 2.78. The summed E-state index contributed by atoms with van der Waals surface area (Å²) in [4.78, 5) is 5.48. The number of hydrazine groups is 1. The van der Waals surface area contributed by atoms with Gasteiger partial charge < -0.3 is 0 Å². The Morgan fingerprint density at radius 3 is 2.62 bits per heavy atom. The van der Waals surface area contributed by atoms with Crippen molar-refractivity contribution in [1.82, 2.24) is 10.4 Å². The molecule has 0 aliphatic rings. The van der Waals surface area contributed by atoms with Crippen molar-refractivity contribution >= 4 is 22.5 Å². The van der Waals surface area contributed by atoms with Crippen LogP contribution in [0.5, 0.6) is 0 Å². The van der Waals surface area contributed by atoms with Crippen molar-refractivity contribution in [2.45, 2.75) is 10.9 Å². The maximum absolute atomic E-state index is 5.82. The highest BCUT2D eigenvalue weighted by molar-refractivity contribution is 7.98. The predicted molar refractivity (Wildman–Crippen MR) is 89.1 cm³/mol. The summed E-state index contributed by atoms with van der Waals surface area (Å²) < 4.78 is 0. The molecule has 0 spiro atoms. The van der Waals surface area contributed by atoms with Gasteiger partial charge in [-0.05, 0) is 41.0 Å². The minimum absolute atomic E-state index is 0.0474. The van der Waals surface area contributed by atoms with Gasteiger partial charge in [0.25, 0.3) is 0 Å². The van der Waals surface area contributed by atoms with E-state index in [1.807, 2.05) is 18.5 Å². The van der Waals surface area contributed by atoms with Gasteiger partial charge in [-0.1, -0.05) is 30.3 Å². The Bertz CT molecular complexity index is 735. The Balaban J connectivity index is 2.09. The van der Waals surface area contributed by atoms with Crippen molar-refractivity contribution in [2.24, 2.45) is 5.84 Å². The van der Waals surface area contributed by atoms with E-state index >= 15 is 0 Å². The number of thioether (sulfide) groups is 1. The number of fused-ring (bicyclic) bond motifs is 1. The van der Waals surface area contributed by atoms with E-state index in [1.54, 1.807) is 11.8 Å². The summed E-state index contributed by atoms with van der Waals surface area (Å²) in [6.45, 7) is 0. The molecule has 4 heteroatoms. The molecule has 1 atom stereocenters. The second kappa shape index (κ2) is 6.26. The van der Waals surface area contributed by atoms with E-state index in [9.17, 15) is 0 Å². The van der Waals surface area contributed by atoms with E-state index in [4.69, 9.17) is 5.84 Å². The highest BCUT2D eigenvalue weighted by Gasteiger charge is 2.15. The van der Waals surface area contributed by atoms with Crippen molar-refractivity contribution in [1.29, 1.82) is 0 Å². The lowest BCUT2D eigenvalue weighted by atomic mass is 9.95. The molecule has 2 aromatic carbocycles. The van der Waals surface area contributed by atoms with Gasteiger partial charge in [0.05, 0.1) is 6.04 Å². The summed E-state index contributed by atoms with van der Waals surface area (Å²) in [6, 6.07) is 16.7. The molecule has 3 N–H and O–H groups in total. The van der Waals surface area contributed by atoms with Crippen molar-refractivity contribution in [2.75, 3.05) is 6.26 Å². The summed E-state index contributed by atoms with van der Waals surface area (Å²) in [5.74, 6) is 5.82. The zero-order valence-electron chi connectivity index (χ0n) is 11.8. The molecule has 3 nitrogen and oxygen atoms in total. The fourth-order valence-corrected chi connectivity index (χ4v) is 2.96. The molecule has 0 saturated carbocycles. The minimum Gasteiger partial charge on any atom is -0.271 e. The first-order valence-corrected chi connectivity index (χ1v) is 7.98. The number of rotatable bonds is 4. The zero-order chi connectivity index (χ0) is 14.7. The Kier molecular flexibility index (Phi) is 4.20. The molecule has 106 valence electrons. The van der Waals surface area contributed by atoms with Crippen LogP contribution in [0.1, 0.15) is 17.2 Å². The van der Waals surface area contributed by atoms with Gasteiger partial charge in [-0.2, -0.15) is 0 Å². The first kappa shape index (κ1) is 14.1. The smallest absolute Gasteiger partial charge is 0.0716 e. The van der Waals surface area contributed by atoms with E-state index in [0.717, 1.165) is 16.5 Å². The van der Waals surface area contributed by atoms with Gasteiger partial charge in [-0.15, -0.1) is 11.8 Å². The fraction of sp³-hybridized carbons (Fsp3) is 0.118. The highest BCUT2D eigenvalue weighted by Crippen LogP contribution is 2.29. The van der Waals surface area contributed by atoms with Crippen LogP contribution >= 0.6 is 11.8 Å². The van der Waals surface area contributed by atoms with Crippen LogP contribution in [-0.4, -0.2) is 11.2 Å². The fourth-order valence-electron chi connectivity index (χ4n) is 2.55. The van der Waals surface area contributed by atoms with E-state index in [-0.39, 0.29) is 6.04 Å². The number of nitrogens with one attached hydrogen (secondary N) is 1. The Morgan fingerprint density at radius 2 is 1.90 bits per heavy atom. The van der Waals surface area contributed by atoms with E-state index in [1.165, 1.54) is 10.3 Å². The van der Waals surface area contributed by atoms with Crippen molar-refractivity contribution in [3.05, 3.63) is 72.1 Å². The monoisotopic (exact) mass is 295 g/mol. The number of nitrogens with zero attached hydrogens (tertiary/aromatic N) is 1. The van der Waals surface area contributed by atoms with E-state index in [0.29, 0.717) is 0 Å². The van der Waals surface area contributed by atoms with Crippen LogP contribution < -0.4 is 11.3 Å². The lowest BCUT2D eigenvalue weighted by Crippen LogP contribution is -2.29. The number of aromatic nitrogens is 1. The highest BCUT2D eigenvalue weighted by atomic mass is 32.2. The first-order valence-electron chi connectivity index (χ1n) is 6.76. The van der Waals surface area contributed by atoms with Gasteiger partial charge in [-0.3, -0.25) is 10.8 Å². The van der Waals surface area contributed by atoms with E-state index in [2.05, 4.69) is 59.1 Å². The molecule has 0 fully saturated rings. The summed E-state index contributed by atoms with van der Waals surface area (Å²) in [5.41, 5.74) is 5.21. The van der Waals surface area contributed by atoms with Gasteiger partial charge in [0.1, 0.15) is 0 Å². The summed E-state index contributed by atoms with van der Waals surface area (Å²) >= 11 is 1.73. The van der Waals surface area contributed by atoms with Gasteiger partial charge in [-0.25, -0.2) is 5.43 Å². The molecule has 1 unspecified atom stereocenters. The van der Waals surface area contributed by atoms with Crippen molar-refractivity contribution < 1.29 is 0 Å². The molecular formula is C17H17N3S. The molecule has 3 rings (SSSR count). The average molecular weight is 295 g/mol. The second-order valence-corrected chi connectivity index (χ2v) is 5.70. The van der Waals surface area contributed by atoms with Gasteiger partial charge in [0, 0.05) is 22.7 Å². The molecule has 1 aromatic heterocycles.